The van der Waals surface area contributed by atoms with Crippen LogP contribution in [0.4, 0.5) is 26.1 Å². The van der Waals surface area contributed by atoms with E-state index in [1.54, 1.807) is 29.3 Å². The van der Waals surface area contributed by atoms with Crippen LogP contribution in [0.1, 0.15) is 61.4 Å². The fraction of sp³-hybridized carbons (Fsp3) is 0.455. The van der Waals surface area contributed by atoms with Crippen molar-refractivity contribution in [2.24, 2.45) is 0 Å². The summed E-state index contributed by atoms with van der Waals surface area (Å²) < 4.78 is 26.8. The number of nitriles is 2. The lowest BCUT2D eigenvalue weighted by Gasteiger charge is -2.39. The van der Waals surface area contributed by atoms with E-state index in [9.17, 15) is 24.1 Å². The van der Waals surface area contributed by atoms with Gasteiger partial charge in [-0.3, -0.25) is 4.90 Å². The van der Waals surface area contributed by atoms with E-state index in [4.69, 9.17) is 4.98 Å². The summed E-state index contributed by atoms with van der Waals surface area (Å²) in [6, 6.07) is 13.7. The minimum atomic E-state index is -2.67. The summed E-state index contributed by atoms with van der Waals surface area (Å²) in [5, 5.41) is 26.2. The molecule has 0 unspecified atom stereocenters. The second kappa shape index (κ2) is 11.2. The molecule has 11 heteroatoms. The molecule has 0 spiro atoms. The SMILES string of the molecule is Cc1c(CN2CC(F)(F)C2)cc(C#N)cc1Nc1nccc(-c2cc(C#N)c3c(c2)[C@@](C)(CCC(C)(C)[Si](C)(C)O)CN3)n1. The smallest absolute Gasteiger partial charge is 0.272 e. The highest BCUT2D eigenvalue weighted by atomic mass is 28.4. The number of halogens is 2. The van der Waals surface area contributed by atoms with E-state index in [-0.39, 0.29) is 23.5 Å². The van der Waals surface area contributed by atoms with Gasteiger partial charge in [0.2, 0.25) is 5.95 Å². The summed E-state index contributed by atoms with van der Waals surface area (Å²) in [5.74, 6) is -2.35. The van der Waals surface area contributed by atoms with Gasteiger partial charge in [0, 0.05) is 36.0 Å². The van der Waals surface area contributed by atoms with Crippen molar-refractivity contribution >= 4 is 25.6 Å². The largest absolute Gasteiger partial charge is 0.432 e. The molecule has 2 aromatic carbocycles. The third kappa shape index (κ3) is 6.18. The van der Waals surface area contributed by atoms with E-state index in [0.29, 0.717) is 41.5 Å². The molecule has 0 bridgehead atoms. The maximum absolute atomic E-state index is 13.4. The molecule has 8 nitrogen and oxygen atoms in total. The molecule has 3 N–H and O–H groups in total. The van der Waals surface area contributed by atoms with Gasteiger partial charge in [0.25, 0.3) is 5.92 Å². The van der Waals surface area contributed by atoms with Gasteiger partial charge in [0.05, 0.1) is 41.7 Å². The standard InChI is InChI=1S/C33H39F2N7OSi/c1-21-25(17-42-19-33(34,35)20-42)11-22(15-36)12-28(21)41-30-38-10-7-27(40-30)23-13-24(16-37)29-26(14-23)32(4,18-39-29)9-8-31(2,3)44(5,6)43/h7,10-14,39,43H,8-9,17-20H2,1-6H3,(H,38,40,41)/t32-/m0/s1. The molecule has 2 aliphatic heterocycles. The second-order valence-corrected chi connectivity index (χ2v) is 18.2. The third-order valence-corrected chi connectivity index (χ3v) is 13.2. The monoisotopic (exact) mass is 615 g/mol. The Morgan fingerprint density at radius 1 is 1.16 bits per heavy atom. The molecule has 2 aliphatic rings. The van der Waals surface area contributed by atoms with Crippen molar-refractivity contribution in [3.63, 3.8) is 0 Å². The Balaban J connectivity index is 1.44. The zero-order valence-electron chi connectivity index (χ0n) is 26.1. The van der Waals surface area contributed by atoms with Crippen LogP contribution in [0.15, 0.2) is 36.5 Å². The number of hydrogen-bond acceptors (Lipinski definition) is 8. The lowest BCUT2D eigenvalue weighted by molar-refractivity contribution is -0.133. The van der Waals surface area contributed by atoms with E-state index in [0.717, 1.165) is 40.8 Å². The molecule has 44 heavy (non-hydrogen) atoms. The van der Waals surface area contributed by atoms with Gasteiger partial charge in [-0.25, -0.2) is 18.7 Å². The van der Waals surface area contributed by atoms with Crippen molar-refractivity contribution in [3.8, 4) is 23.4 Å². The van der Waals surface area contributed by atoms with E-state index < -0.39 is 14.2 Å². The van der Waals surface area contributed by atoms with Gasteiger partial charge < -0.3 is 15.4 Å². The predicted molar refractivity (Wildman–Crippen MR) is 170 cm³/mol. The molecule has 3 aromatic rings. The summed E-state index contributed by atoms with van der Waals surface area (Å²) in [7, 11) is -2.38. The van der Waals surface area contributed by atoms with E-state index in [2.05, 4.69) is 54.6 Å². The molecule has 0 aliphatic carbocycles. The Morgan fingerprint density at radius 3 is 2.52 bits per heavy atom. The number of nitrogens with zero attached hydrogens (tertiary/aromatic N) is 5. The van der Waals surface area contributed by atoms with Crippen molar-refractivity contribution in [1.29, 1.82) is 10.5 Å². The van der Waals surface area contributed by atoms with E-state index in [1.807, 2.05) is 26.1 Å². The van der Waals surface area contributed by atoms with Crippen LogP contribution in [-0.4, -0.2) is 53.5 Å². The fourth-order valence-electron chi connectivity index (χ4n) is 5.83. The van der Waals surface area contributed by atoms with Crippen molar-refractivity contribution in [2.45, 2.75) is 76.6 Å². The van der Waals surface area contributed by atoms with Gasteiger partial charge in [-0.05, 0) is 84.9 Å². The van der Waals surface area contributed by atoms with Crippen LogP contribution in [-0.2, 0) is 12.0 Å². The van der Waals surface area contributed by atoms with Gasteiger partial charge in [-0.15, -0.1) is 0 Å². The van der Waals surface area contributed by atoms with Crippen molar-refractivity contribution in [1.82, 2.24) is 14.9 Å². The topological polar surface area (TPSA) is 121 Å². The number of anilines is 3. The summed E-state index contributed by atoms with van der Waals surface area (Å²) in [4.78, 5) is 21.7. The van der Waals surface area contributed by atoms with Crippen LogP contribution in [0.2, 0.25) is 18.1 Å². The Hall–Kier alpha value is -3.90. The van der Waals surface area contributed by atoms with Crippen LogP contribution >= 0.6 is 0 Å². The molecule has 1 atom stereocenters. The Kier molecular flexibility index (Phi) is 8.04. The Labute approximate surface area is 258 Å². The van der Waals surface area contributed by atoms with E-state index >= 15 is 0 Å². The van der Waals surface area contributed by atoms with Crippen LogP contribution < -0.4 is 10.6 Å². The number of nitrogens with one attached hydrogen (secondary N) is 2. The van der Waals surface area contributed by atoms with Gasteiger partial charge in [-0.1, -0.05) is 20.8 Å². The molecule has 3 heterocycles. The van der Waals surface area contributed by atoms with Gasteiger partial charge >= 0.3 is 0 Å². The third-order valence-electron chi connectivity index (χ3n) is 9.67. The average Bonchev–Trinajstić information content (AvgIpc) is 3.28. The normalized spacial score (nSPS) is 19.3. The first-order valence-corrected chi connectivity index (χ1v) is 17.8. The number of aromatic nitrogens is 2. The number of rotatable bonds is 9. The number of benzene rings is 2. The van der Waals surface area contributed by atoms with Gasteiger partial charge in [-0.2, -0.15) is 10.5 Å². The van der Waals surface area contributed by atoms with Crippen molar-refractivity contribution < 1.29 is 13.6 Å². The van der Waals surface area contributed by atoms with Gasteiger partial charge in [0.1, 0.15) is 6.07 Å². The second-order valence-electron chi connectivity index (χ2n) is 13.7. The highest BCUT2D eigenvalue weighted by Gasteiger charge is 2.44. The van der Waals surface area contributed by atoms with Crippen LogP contribution in [0.3, 0.4) is 0 Å². The molecule has 1 aromatic heterocycles. The highest BCUT2D eigenvalue weighted by molar-refractivity contribution is 6.72. The molecule has 0 saturated carbocycles. The zero-order chi connectivity index (χ0) is 32.1. The number of likely N-dealkylation sites (tertiary alicyclic amines) is 1. The number of fused-ring (bicyclic) bond motifs is 1. The average molecular weight is 616 g/mol. The molecule has 0 radical (unpaired) electrons. The molecular formula is C33H39F2N7OSi. The summed E-state index contributed by atoms with van der Waals surface area (Å²) >= 11 is 0. The first kappa shape index (κ1) is 31.5. The zero-order valence-corrected chi connectivity index (χ0v) is 27.1. The lowest BCUT2D eigenvalue weighted by Crippen LogP contribution is -2.55. The minimum Gasteiger partial charge on any atom is -0.432 e. The molecule has 1 fully saturated rings. The summed E-state index contributed by atoms with van der Waals surface area (Å²) in [6.07, 6.45) is 3.36. The number of alkyl halides is 2. The minimum absolute atomic E-state index is 0.164. The van der Waals surface area contributed by atoms with E-state index in [1.165, 1.54) is 0 Å². The molecule has 5 rings (SSSR count). The quantitative estimate of drug-likeness (QED) is 0.224. The maximum Gasteiger partial charge on any atom is 0.272 e. The molecule has 1 saturated heterocycles. The first-order chi connectivity index (χ1) is 20.5. The maximum atomic E-state index is 13.4. The molecular weight excluding hydrogens is 576 g/mol. The van der Waals surface area contributed by atoms with Crippen molar-refractivity contribution in [2.75, 3.05) is 30.3 Å². The predicted octanol–water partition coefficient (Wildman–Crippen LogP) is 6.83. The number of hydrogen-bond donors (Lipinski definition) is 3. The first-order valence-electron chi connectivity index (χ1n) is 14.8. The van der Waals surface area contributed by atoms with Crippen LogP contribution in [0.5, 0.6) is 0 Å². The Bertz CT molecular complexity index is 1680. The lowest BCUT2D eigenvalue weighted by atomic mass is 9.77. The summed E-state index contributed by atoms with van der Waals surface area (Å²) in [5.41, 5.74) is 6.32. The fourth-order valence-corrected chi connectivity index (χ4v) is 6.57. The highest BCUT2D eigenvalue weighted by Crippen LogP contribution is 2.48. The summed E-state index contributed by atoms with van der Waals surface area (Å²) in [6.45, 7) is 12.8. The molecule has 0 amide bonds. The Morgan fingerprint density at radius 2 is 1.89 bits per heavy atom. The van der Waals surface area contributed by atoms with Crippen molar-refractivity contribution in [3.05, 3.63) is 64.3 Å². The van der Waals surface area contributed by atoms with Crippen LogP contribution in [0.25, 0.3) is 11.3 Å². The van der Waals surface area contributed by atoms with Crippen LogP contribution in [0, 0.1) is 29.6 Å². The van der Waals surface area contributed by atoms with Gasteiger partial charge in [0.15, 0.2) is 8.32 Å². The molecule has 230 valence electrons.